The van der Waals surface area contributed by atoms with Crippen molar-refractivity contribution in [3.8, 4) is 11.3 Å². The van der Waals surface area contributed by atoms with E-state index in [2.05, 4.69) is 10.6 Å². The van der Waals surface area contributed by atoms with Gasteiger partial charge in [-0.3, -0.25) is 10.1 Å². The molecule has 0 unspecified atom stereocenters. The summed E-state index contributed by atoms with van der Waals surface area (Å²) in [6.45, 7) is 7.46. The molecule has 0 fully saturated rings. The first-order chi connectivity index (χ1) is 16.2. The van der Waals surface area contributed by atoms with E-state index in [-0.39, 0.29) is 32.9 Å². The van der Waals surface area contributed by atoms with E-state index >= 15 is 0 Å². The molecule has 0 radical (unpaired) electrons. The van der Waals surface area contributed by atoms with Crippen LogP contribution in [0.15, 0.2) is 34.7 Å². The molecule has 0 bridgehead atoms. The molecular weight excluding hydrogens is 476 g/mol. The SMILES string of the molecule is CCOC(=O)c1c(NC(=S)NC(=O)c2ccc(-c3ccc(C)c(C)c3)o2)sc(C(=O)OC)c1C. The van der Waals surface area contributed by atoms with Crippen molar-refractivity contribution in [1.29, 1.82) is 0 Å². The largest absolute Gasteiger partial charge is 0.465 e. The Balaban J connectivity index is 1.77. The molecule has 3 aromatic rings. The Labute approximate surface area is 206 Å². The van der Waals surface area contributed by atoms with Crippen molar-refractivity contribution in [2.24, 2.45) is 0 Å². The van der Waals surface area contributed by atoms with Crippen LogP contribution in [0, 0.1) is 20.8 Å². The number of ether oxygens (including phenoxy) is 2. The van der Waals surface area contributed by atoms with Crippen LogP contribution in [0.2, 0.25) is 0 Å². The molecule has 2 N–H and O–H groups in total. The van der Waals surface area contributed by atoms with Gasteiger partial charge < -0.3 is 19.2 Å². The number of thiophene rings is 1. The number of aryl methyl sites for hydroxylation is 2. The third kappa shape index (κ3) is 5.35. The number of benzene rings is 1. The van der Waals surface area contributed by atoms with E-state index in [9.17, 15) is 14.4 Å². The Hall–Kier alpha value is -3.50. The molecule has 0 aliphatic heterocycles. The Bertz CT molecular complexity index is 1270. The van der Waals surface area contributed by atoms with Crippen molar-refractivity contribution in [2.45, 2.75) is 27.7 Å². The Kier molecular flexibility index (Phi) is 7.85. The van der Waals surface area contributed by atoms with Crippen LogP contribution in [-0.4, -0.2) is 36.7 Å². The molecule has 3 rings (SSSR count). The molecule has 1 aromatic carbocycles. The van der Waals surface area contributed by atoms with Gasteiger partial charge in [-0.05, 0) is 74.8 Å². The molecule has 178 valence electrons. The predicted molar refractivity (Wildman–Crippen MR) is 134 cm³/mol. The zero-order valence-electron chi connectivity index (χ0n) is 19.4. The average Bonchev–Trinajstić information content (AvgIpc) is 3.40. The quantitative estimate of drug-likeness (QED) is 0.359. The zero-order valence-corrected chi connectivity index (χ0v) is 21.0. The highest BCUT2D eigenvalue weighted by Crippen LogP contribution is 2.34. The van der Waals surface area contributed by atoms with Crippen molar-refractivity contribution in [1.82, 2.24) is 5.32 Å². The summed E-state index contributed by atoms with van der Waals surface area (Å²) in [4.78, 5) is 37.4. The van der Waals surface area contributed by atoms with Crippen molar-refractivity contribution in [3.05, 3.63) is 63.2 Å². The van der Waals surface area contributed by atoms with Gasteiger partial charge in [0.05, 0.1) is 19.3 Å². The highest BCUT2D eigenvalue weighted by molar-refractivity contribution is 7.80. The minimum absolute atomic E-state index is 0.0700. The molecule has 0 aliphatic carbocycles. The van der Waals surface area contributed by atoms with E-state index in [1.165, 1.54) is 7.11 Å². The van der Waals surface area contributed by atoms with E-state index in [0.717, 1.165) is 28.0 Å². The van der Waals surface area contributed by atoms with Crippen LogP contribution in [0.4, 0.5) is 5.00 Å². The number of thiocarbonyl (C=S) groups is 1. The second-order valence-electron chi connectivity index (χ2n) is 7.34. The van der Waals surface area contributed by atoms with Crippen molar-refractivity contribution in [2.75, 3.05) is 19.0 Å². The molecule has 0 atom stereocenters. The number of carbonyl (C=O) groups is 3. The van der Waals surface area contributed by atoms with Gasteiger partial charge in [-0.2, -0.15) is 0 Å². The van der Waals surface area contributed by atoms with Gasteiger partial charge in [-0.25, -0.2) is 9.59 Å². The van der Waals surface area contributed by atoms with Gasteiger partial charge in [0.15, 0.2) is 10.9 Å². The maximum atomic E-state index is 12.7. The molecule has 2 aromatic heterocycles. The van der Waals surface area contributed by atoms with Gasteiger partial charge in [-0.15, -0.1) is 11.3 Å². The number of amides is 1. The monoisotopic (exact) mass is 500 g/mol. The maximum Gasteiger partial charge on any atom is 0.348 e. The van der Waals surface area contributed by atoms with Crippen LogP contribution in [-0.2, 0) is 9.47 Å². The summed E-state index contributed by atoms with van der Waals surface area (Å²) in [6, 6.07) is 9.15. The van der Waals surface area contributed by atoms with Crippen LogP contribution in [0.5, 0.6) is 0 Å². The van der Waals surface area contributed by atoms with Gasteiger partial charge in [0, 0.05) is 5.56 Å². The first kappa shape index (κ1) is 25.1. The third-order valence-electron chi connectivity index (χ3n) is 5.07. The number of esters is 2. The lowest BCUT2D eigenvalue weighted by Gasteiger charge is -2.09. The first-order valence-electron chi connectivity index (χ1n) is 10.3. The van der Waals surface area contributed by atoms with Crippen molar-refractivity contribution < 1.29 is 28.3 Å². The highest BCUT2D eigenvalue weighted by atomic mass is 32.1. The van der Waals surface area contributed by atoms with Gasteiger partial charge in [-0.1, -0.05) is 12.1 Å². The van der Waals surface area contributed by atoms with Crippen LogP contribution in [0.3, 0.4) is 0 Å². The first-order valence-corrected chi connectivity index (χ1v) is 11.6. The Morgan fingerprint density at radius 1 is 1.06 bits per heavy atom. The molecule has 10 heteroatoms. The summed E-state index contributed by atoms with van der Waals surface area (Å²) in [5.41, 5.74) is 3.67. The molecule has 0 aliphatic rings. The lowest BCUT2D eigenvalue weighted by atomic mass is 10.1. The second kappa shape index (κ2) is 10.6. The Morgan fingerprint density at radius 3 is 2.44 bits per heavy atom. The van der Waals surface area contributed by atoms with Gasteiger partial charge >= 0.3 is 11.9 Å². The molecule has 0 spiro atoms. The molecule has 0 saturated carbocycles. The summed E-state index contributed by atoms with van der Waals surface area (Å²) in [6.07, 6.45) is 0. The summed E-state index contributed by atoms with van der Waals surface area (Å²) >= 11 is 6.23. The van der Waals surface area contributed by atoms with E-state index < -0.39 is 17.8 Å². The van der Waals surface area contributed by atoms with Crippen LogP contribution in [0.1, 0.15) is 54.2 Å². The molecular formula is C24H24N2O6S2. The number of anilines is 1. The normalized spacial score (nSPS) is 10.5. The van der Waals surface area contributed by atoms with E-state index in [1.54, 1.807) is 26.0 Å². The molecule has 34 heavy (non-hydrogen) atoms. The molecule has 8 nitrogen and oxygen atoms in total. The van der Waals surface area contributed by atoms with Crippen LogP contribution in [0.25, 0.3) is 11.3 Å². The fourth-order valence-electron chi connectivity index (χ4n) is 3.15. The summed E-state index contributed by atoms with van der Waals surface area (Å²) in [5, 5.41) is 5.53. The fourth-order valence-corrected chi connectivity index (χ4v) is 4.52. The van der Waals surface area contributed by atoms with E-state index in [1.807, 2.05) is 32.0 Å². The smallest absolute Gasteiger partial charge is 0.348 e. The average molecular weight is 501 g/mol. The number of hydrogen-bond acceptors (Lipinski definition) is 8. The minimum atomic E-state index is -0.618. The van der Waals surface area contributed by atoms with E-state index in [0.29, 0.717) is 11.3 Å². The molecule has 0 saturated heterocycles. The van der Waals surface area contributed by atoms with Crippen LogP contribution < -0.4 is 10.6 Å². The number of rotatable bonds is 6. The van der Waals surface area contributed by atoms with Gasteiger partial charge in [0.1, 0.15) is 15.6 Å². The van der Waals surface area contributed by atoms with Crippen LogP contribution >= 0.6 is 23.6 Å². The Morgan fingerprint density at radius 2 is 1.79 bits per heavy atom. The lowest BCUT2D eigenvalue weighted by Crippen LogP contribution is -2.34. The standard InChI is InChI=1S/C24H24N2O6S2/c1-6-31-22(28)18-14(4)19(23(29)30-5)34-21(18)26-24(33)25-20(27)17-10-9-16(32-17)15-8-7-12(2)13(3)11-15/h7-11H,6H2,1-5H3,(H2,25,26,27,33). The van der Waals surface area contributed by atoms with Crippen molar-refractivity contribution in [3.63, 3.8) is 0 Å². The maximum absolute atomic E-state index is 12.7. The van der Waals surface area contributed by atoms with E-state index in [4.69, 9.17) is 26.1 Å². The minimum Gasteiger partial charge on any atom is -0.465 e. The molecule has 2 heterocycles. The topological polar surface area (TPSA) is 107 Å². The predicted octanol–water partition coefficient (Wildman–Crippen LogP) is 5.02. The summed E-state index contributed by atoms with van der Waals surface area (Å²) in [7, 11) is 1.25. The molecule has 1 amide bonds. The number of nitrogens with one attached hydrogen (secondary N) is 2. The summed E-state index contributed by atoms with van der Waals surface area (Å²) < 4.78 is 15.6. The zero-order chi connectivity index (χ0) is 25.0. The third-order valence-corrected chi connectivity index (χ3v) is 6.46. The second-order valence-corrected chi connectivity index (χ2v) is 8.77. The number of carbonyl (C=O) groups excluding carboxylic acids is 3. The number of furan rings is 1. The van der Waals surface area contributed by atoms with Gasteiger partial charge in [0.25, 0.3) is 5.91 Å². The fraction of sp³-hybridized carbons (Fsp3) is 0.250. The lowest BCUT2D eigenvalue weighted by molar-refractivity contribution is 0.0527. The summed E-state index contributed by atoms with van der Waals surface area (Å²) in [5.74, 6) is -1.15. The highest BCUT2D eigenvalue weighted by Gasteiger charge is 2.27. The number of methoxy groups -OCH3 is 1. The number of hydrogen-bond donors (Lipinski definition) is 2. The van der Waals surface area contributed by atoms with Gasteiger partial charge in [0.2, 0.25) is 0 Å². The van der Waals surface area contributed by atoms with Crippen molar-refractivity contribution >= 4 is 51.5 Å².